The van der Waals surface area contributed by atoms with E-state index < -0.39 is 95.9 Å². The highest BCUT2D eigenvalue weighted by atomic mass is 15.2. The molecule has 1 aliphatic rings. The lowest BCUT2D eigenvalue weighted by Gasteiger charge is -2.26. The highest BCUT2D eigenvalue weighted by Crippen LogP contribution is 2.52. The van der Waals surface area contributed by atoms with E-state index in [1.54, 1.807) is 0 Å². The first kappa shape index (κ1) is 24.0. The van der Waals surface area contributed by atoms with Crippen molar-refractivity contribution in [3.63, 3.8) is 0 Å². The first-order chi connectivity index (χ1) is 36.2. The van der Waals surface area contributed by atoms with Crippen molar-refractivity contribution in [2.75, 3.05) is 0 Å². The molecule has 0 saturated carbocycles. The van der Waals surface area contributed by atoms with Crippen LogP contribution in [0.15, 0.2) is 212 Å². The van der Waals surface area contributed by atoms with Gasteiger partial charge in [-0.1, -0.05) is 182 Å². The number of hydrogen-bond acceptors (Lipinski definition) is 3. The first-order valence-electron chi connectivity index (χ1n) is 26.5. The Morgan fingerprint density at radius 2 is 0.790 bits per heavy atom. The van der Waals surface area contributed by atoms with Crippen molar-refractivity contribution in [2.24, 2.45) is 0 Å². The van der Waals surface area contributed by atoms with Crippen molar-refractivity contribution < 1.29 is 17.8 Å². The van der Waals surface area contributed by atoms with E-state index >= 15 is 0 Å². The van der Waals surface area contributed by atoms with E-state index in [2.05, 4.69) is 28.8 Å². The molecule has 9 aromatic carbocycles. The third-order valence-corrected chi connectivity index (χ3v) is 11.7. The molecule has 0 spiro atoms. The number of aromatic nitrogens is 5. The molecule has 0 bridgehead atoms. The van der Waals surface area contributed by atoms with Crippen molar-refractivity contribution in [3.8, 4) is 78.9 Å². The van der Waals surface area contributed by atoms with Gasteiger partial charge in [0.15, 0.2) is 11.6 Å². The van der Waals surface area contributed by atoms with E-state index in [0.717, 1.165) is 65.3 Å². The van der Waals surface area contributed by atoms with Crippen LogP contribution in [0.5, 0.6) is 0 Å². The van der Waals surface area contributed by atoms with Gasteiger partial charge in [0.25, 0.3) is 0 Å². The van der Waals surface area contributed by atoms with Crippen molar-refractivity contribution in [1.29, 1.82) is 0 Å². The van der Waals surface area contributed by atoms with Crippen LogP contribution in [0.2, 0.25) is 0 Å². The smallest absolute Gasteiger partial charge is 0.238 e. The van der Waals surface area contributed by atoms with Crippen LogP contribution < -0.4 is 0 Å². The Morgan fingerprint density at radius 3 is 1.39 bits per heavy atom. The summed E-state index contributed by atoms with van der Waals surface area (Å²) in [6.45, 7) is 0. The third kappa shape index (κ3) is 5.06. The number of nitrogens with zero attached hydrogens (tertiary/aromatic N) is 5. The number of rotatable bonds is 4. The average Bonchev–Trinajstić information content (AvgIpc) is 4.04. The molecule has 13 rings (SSSR count). The summed E-state index contributed by atoms with van der Waals surface area (Å²) < 4.78 is 120. The normalized spacial score (nSPS) is 14.8. The predicted octanol–water partition coefficient (Wildman–Crippen LogP) is 14.4. The minimum Gasteiger partial charge on any atom is -0.308 e. The zero-order valence-corrected chi connectivity index (χ0v) is 32.4. The molecule has 1 aliphatic carbocycles. The van der Waals surface area contributed by atoms with E-state index in [-0.39, 0.29) is 27.6 Å². The summed E-state index contributed by atoms with van der Waals surface area (Å²) in [6, 6.07) is 35.8. The van der Waals surface area contributed by atoms with E-state index in [0.29, 0.717) is 16.8 Å². The van der Waals surface area contributed by atoms with Crippen LogP contribution in [-0.2, 0) is 0 Å². The molecule has 62 heavy (non-hydrogen) atoms. The van der Waals surface area contributed by atoms with Gasteiger partial charge in [-0.3, -0.25) is 4.57 Å². The lowest BCUT2D eigenvalue weighted by molar-refractivity contribution is 0.952. The molecule has 0 saturated heterocycles. The zero-order valence-electron chi connectivity index (χ0n) is 45.4. The molecule has 0 N–H and O–H groups in total. The standard InChI is InChI=1S/C57H35N5/c1-2-18-36(19-3-1)55-58-56(60-57(59-55)62-50-32-16-12-27-44(50)45-28-13-17-33-51(45)62)54-52(61-48-30-14-10-25-42(48)43-26-11-15-31-49(43)61)35-34-47-41-24-7-6-22-39(41)37-20-4-5-21-38(37)40-23-8-9-29-46(40)53(47)54/h1-35H/i1D,2D,3D,12D,13D,16D,17D,18D,19D,27D,28D,32D,33D. The van der Waals surface area contributed by atoms with Crippen molar-refractivity contribution >= 4 is 43.6 Å². The Bertz CT molecular complexity index is 4380. The third-order valence-electron chi connectivity index (χ3n) is 11.7. The molecule has 3 heterocycles. The van der Waals surface area contributed by atoms with Gasteiger partial charge >= 0.3 is 0 Å². The number of benzene rings is 9. The van der Waals surface area contributed by atoms with Gasteiger partial charge in [-0.2, -0.15) is 9.97 Å². The van der Waals surface area contributed by atoms with Gasteiger partial charge in [-0.15, -0.1) is 0 Å². The molecule has 288 valence electrons. The molecule has 0 unspecified atom stereocenters. The van der Waals surface area contributed by atoms with E-state index in [1.807, 2.05) is 109 Å². The minimum absolute atomic E-state index is 0.103. The Balaban J connectivity index is 1.29. The molecule has 5 nitrogen and oxygen atoms in total. The highest BCUT2D eigenvalue weighted by molar-refractivity contribution is 6.13. The van der Waals surface area contributed by atoms with Crippen LogP contribution in [-0.4, -0.2) is 24.1 Å². The molecule has 5 heteroatoms. The van der Waals surface area contributed by atoms with Gasteiger partial charge in [0.05, 0.1) is 51.1 Å². The van der Waals surface area contributed by atoms with Gasteiger partial charge < -0.3 is 4.57 Å². The van der Waals surface area contributed by atoms with Crippen molar-refractivity contribution in [1.82, 2.24) is 24.1 Å². The van der Waals surface area contributed by atoms with Crippen LogP contribution in [0.3, 0.4) is 0 Å². The minimum atomic E-state index is -0.672. The topological polar surface area (TPSA) is 48.5 Å². The summed E-state index contributed by atoms with van der Waals surface area (Å²) in [7, 11) is 0. The highest BCUT2D eigenvalue weighted by Gasteiger charge is 2.30. The average molecular weight is 803 g/mol. The van der Waals surface area contributed by atoms with Crippen LogP contribution >= 0.6 is 0 Å². The Morgan fingerprint density at radius 1 is 0.323 bits per heavy atom. The van der Waals surface area contributed by atoms with Crippen LogP contribution in [0.1, 0.15) is 17.8 Å². The quantitative estimate of drug-likeness (QED) is 0.178. The molecule has 3 aromatic heterocycles. The van der Waals surface area contributed by atoms with Crippen LogP contribution in [0.4, 0.5) is 0 Å². The fraction of sp³-hybridized carbons (Fsp3) is 0. The molecule has 0 fully saturated rings. The fourth-order valence-corrected chi connectivity index (χ4v) is 9.20. The Labute approximate surface area is 375 Å². The number of fused-ring (bicyclic) bond motifs is 14. The lowest BCUT2D eigenvalue weighted by atomic mass is 9.79. The van der Waals surface area contributed by atoms with Crippen molar-refractivity contribution in [2.45, 2.75) is 0 Å². The summed E-state index contributed by atoms with van der Waals surface area (Å²) in [6.07, 6.45) is 0. The predicted molar refractivity (Wildman–Crippen MR) is 255 cm³/mol. The monoisotopic (exact) mass is 802 g/mol. The fourth-order valence-electron chi connectivity index (χ4n) is 9.20. The maximum Gasteiger partial charge on any atom is 0.238 e. The molecule has 0 aliphatic heterocycles. The summed E-state index contributed by atoms with van der Waals surface area (Å²) in [5.74, 6) is -0.944. The summed E-state index contributed by atoms with van der Waals surface area (Å²) in [5.41, 5.74) is 8.36. The molecule has 0 amide bonds. The van der Waals surface area contributed by atoms with Gasteiger partial charge in [0.2, 0.25) is 5.95 Å². The van der Waals surface area contributed by atoms with Gasteiger partial charge in [0.1, 0.15) is 0 Å². The van der Waals surface area contributed by atoms with Crippen LogP contribution in [0.25, 0.3) is 123 Å². The molecule has 0 radical (unpaired) electrons. The van der Waals surface area contributed by atoms with Gasteiger partial charge in [0, 0.05) is 32.7 Å². The van der Waals surface area contributed by atoms with Gasteiger partial charge in [-0.05, 0) is 69.2 Å². The molecular formula is C57H35N5. The second-order valence-corrected chi connectivity index (χ2v) is 15.0. The maximum atomic E-state index is 9.41. The summed E-state index contributed by atoms with van der Waals surface area (Å²) in [5, 5.41) is 1.42. The van der Waals surface area contributed by atoms with Gasteiger partial charge in [-0.25, -0.2) is 4.98 Å². The lowest BCUT2D eigenvalue weighted by Crippen LogP contribution is -2.09. The second kappa shape index (κ2) is 13.6. The second-order valence-electron chi connectivity index (χ2n) is 15.0. The summed E-state index contributed by atoms with van der Waals surface area (Å²) in [4.78, 5) is 15.3. The first-order valence-corrected chi connectivity index (χ1v) is 20.0. The largest absolute Gasteiger partial charge is 0.308 e. The Kier molecular flexibility index (Phi) is 5.25. The summed E-state index contributed by atoms with van der Waals surface area (Å²) >= 11 is 0. The Hall–Kier alpha value is -8.41. The molecule has 12 aromatic rings. The molecule has 0 atom stereocenters. The zero-order chi connectivity index (χ0) is 52.0. The number of hydrogen-bond donors (Lipinski definition) is 0. The molecular weight excluding hydrogens is 755 g/mol. The van der Waals surface area contributed by atoms with Crippen LogP contribution in [0, 0.1) is 0 Å². The van der Waals surface area contributed by atoms with E-state index in [1.165, 1.54) is 0 Å². The van der Waals surface area contributed by atoms with E-state index in [4.69, 9.17) is 24.5 Å². The maximum absolute atomic E-state index is 9.41. The SMILES string of the molecule is [2H]c1c([2H])c([2H])c(-c2nc(-c3c(-n4c5ccccc5c5ccccc54)ccc4c3-c3ccccc3-c3ccccc3-c3ccccc3-4)nc(-n3c4c([2H])c([2H])c([2H])c([2H])c4c4c([2H])c([2H])c([2H])c([2H])c43)n2)c([2H])c1[2H]. The number of para-hydroxylation sites is 4. The van der Waals surface area contributed by atoms with Crippen molar-refractivity contribution in [3.05, 3.63) is 212 Å². The van der Waals surface area contributed by atoms with E-state index in [9.17, 15) is 8.22 Å².